The predicted molar refractivity (Wildman–Crippen MR) is 182 cm³/mol. The Morgan fingerprint density at radius 1 is 1.20 bits per heavy atom. The number of fused-ring (bicyclic) bond motifs is 3. The zero-order valence-electron chi connectivity index (χ0n) is 26.9. The molecule has 3 heterocycles. The highest BCUT2D eigenvalue weighted by Gasteiger charge is 2.43. The van der Waals surface area contributed by atoms with Crippen LogP contribution < -0.4 is 0 Å². The zero-order chi connectivity index (χ0) is 35.6. The van der Waals surface area contributed by atoms with Crippen molar-refractivity contribution < 1.29 is 37.5 Å². The van der Waals surface area contributed by atoms with Gasteiger partial charge in [0.05, 0.1) is 22.2 Å². The molecule has 0 amide bonds. The van der Waals surface area contributed by atoms with Crippen LogP contribution in [-0.2, 0) is 16.0 Å². The standard InChI is InChI=1S/C34H33F3N4O6S2/c1-19-13-24-23-7-5-6-8-27(23)40(33(44)47-17-20(2)48-49-28-11-10-22(16-38-28)41(45)46)31(24)32(39(19)18-34(3,4)37)30-25(35)14-21(15-26(30)36)9-12-29(42)43/h5-12,14-16,19-20,32H,13,17-18H2,1-4H3,(H,42,43)/b12-9+/t19-,20?,32-/m1/s1. The molecule has 49 heavy (non-hydrogen) atoms. The van der Waals surface area contributed by atoms with Crippen molar-refractivity contribution in [1.82, 2.24) is 14.5 Å². The van der Waals surface area contributed by atoms with Crippen molar-refractivity contribution in [2.75, 3.05) is 13.2 Å². The monoisotopic (exact) mass is 714 g/mol. The number of benzene rings is 2. The number of carboxylic acid groups (broad SMARTS) is 1. The topological polar surface area (TPSA) is 128 Å². The van der Waals surface area contributed by atoms with Crippen molar-refractivity contribution in [3.05, 3.63) is 105 Å². The van der Waals surface area contributed by atoms with Crippen molar-refractivity contribution in [3.8, 4) is 0 Å². The Morgan fingerprint density at radius 3 is 2.51 bits per heavy atom. The number of carbonyl (C=O) groups excluding carboxylic acids is 1. The lowest BCUT2D eigenvalue weighted by atomic mass is 9.86. The van der Waals surface area contributed by atoms with Gasteiger partial charge in [0.25, 0.3) is 5.69 Å². The third-order valence-electron chi connectivity index (χ3n) is 7.88. The van der Waals surface area contributed by atoms with Crippen LogP contribution in [-0.4, -0.2) is 66.7 Å². The number of aliphatic carboxylic acids is 1. The van der Waals surface area contributed by atoms with Crippen molar-refractivity contribution in [2.24, 2.45) is 0 Å². The molecule has 15 heteroatoms. The van der Waals surface area contributed by atoms with Gasteiger partial charge in [-0.3, -0.25) is 15.0 Å². The third-order valence-corrected chi connectivity index (χ3v) is 10.6. The Bertz CT molecular complexity index is 1910. The van der Waals surface area contributed by atoms with Gasteiger partial charge in [0.2, 0.25) is 0 Å². The molecule has 2 aromatic carbocycles. The first-order chi connectivity index (χ1) is 23.1. The number of rotatable bonds is 11. The van der Waals surface area contributed by atoms with E-state index in [1.165, 1.54) is 52.1 Å². The summed E-state index contributed by atoms with van der Waals surface area (Å²) in [4.78, 5) is 41.1. The molecule has 0 radical (unpaired) electrons. The van der Waals surface area contributed by atoms with Gasteiger partial charge >= 0.3 is 12.1 Å². The molecule has 0 fully saturated rings. The predicted octanol–water partition coefficient (Wildman–Crippen LogP) is 8.22. The van der Waals surface area contributed by atoms with E-state index in [2.05, 4.69) is 4.98 Å². The van der Waals surface area contributed by atoms with E-state index < -0.39 is 51.9 Å². The number of hydrogen-bond acceptors (Lipinski definition) is 9. The van der Waals surface area contributed by atoms with Crippen LogP contribution in [0.5, 0.6) is 0 Å². The molecule has 10 nitrogen and oxygen atoms in total. The van der Waals surface area contributed by atoms with Gasteiger partial charge in [-0.05, 0) is 86.4 Å². The largest absolute Gasteiger partial charge is 0.478 e. The van der Waals surface area contributed by atoms with Gasteiger partial charge in [-0.2, -0.15) is 0 Å². The number of carboxylic acids is 1. The lowest BCUT2D eigenvalue weighted by Crippen LogP contribution is -2.49. The van der Waals surface area contributed by atoms with E-state index in [4.69, 9.17) is 9.84 Å². The Kier molecular flexibility index (Phi) is 10.7. The number of carbonyl (C=O) groups is 2. The summed E-state index contributed by atoms with van der Waals surface area (Å²) >= 11 is 0. The molecular weight excluding hydrogens is 682 g/mol. The molecule has 4 aromatic rings. The van der Waals surface area contributed by atoms with Gasteiger partial charge in [-0.25, -0.2) is 32.3 Å². The molecule has 1 aliphatic rings. The number of pyridine rings is 1. The van der Waals surface area contributed by atoms with Gasteiger partial charge in [-0.1, -0.05) is 29.0 Å². The quantitative estimate of drug-likeness (QED) is 0.0703. The summed E-state index contributed by atoms with van der Waals surface area (Å²) in [6, 6.07) is 10.3. The van der Waals surface area contributed by atoms with Crippen LogP contribution in [0.3, 0.4) is 0 Å². The van der Waals surface area contributed by atoms with E-state index in [1.807, 2.05) is 19.9 Å². The average Bonchev–Trinajstić information content (AvgIpc) is 3.36. The first-order valence-corrected chi connectivity index (χ1v) is 17.4. The maximum Gasteiger partial charge on any atom is 0.418 e. The third kappa shape index (κ3) is 8.11. The molecule has 1 aliphatic heterocycles. The average molecular weight is 715 g/mol. The maximum atomic E-state index is 16.1. The van der Waals surface area contributed by atoms with Crippen molar-refractivity contribution in [3.63, 3.8) is 0 Å². The Labute approximate surface area is 287 Å². The van der Waals surface area contributed by atoms with E-state index in [9.17, 15) is 19.7 Å². The molecule has 0 saturated carbocycles. The number of para-hydroxylation sites is 1. The minimum Gasteiger partial charge on any atom is -0.478 e. The number of nitrogens with zero attached hydrogens (tertiary/aromatic N) is 4. The van der Waals surface area contributed by atoms with Gasteiger partial charge in [-0.15, -0.1) is 0 Å². The summed E-state index contributed by atoms with van der Waals surface area (Å²) in [6.07, 6.45) is 2.56. The Hall–Kier alpha value is -4.34. The first-order valence-electron chi connectivity index (χ1n) is 15.2. The molecule has 2 aromatic heterocycles. The minimum atomic E-state index is -1.78. The molecule has 0 spiro atoms. The van der Waals surface area contributed by atoms with Crippen LogP contribution in [0, 0.1) is 21.7 Å². The highest BCUT2D eigenvalue weighted by molar-refractivity contribution is 8.76. The highest BCUT2D eigenvalue weighted by Crippen LogP contribution is 2.45. The summed E-state index contributed by atoms with van der Waals surface area (Å²) in [5, 5.41) is 20.9. The lowest BCUT2D eigenvalue weighted by molar-refractivity contribution is -0.385. The first kappa shape index (κ1) is 36.0. The normalized spacial score (nSPS) is 17.3. The van der Waals surface area contributed by atoms with Crippen molar-refractivity contribution >= 4 is 56.3 Å². The van der Waals surface area contributed by atoms with E-state index in [0.717, 1.165) is 30.5 Å². The van der Waals surface area contributed by atoms with Gasteiger partial charge in [0.15, 0.2) is 0 Å². The summed E-state index contributed by atoms with van der Waals surface area (Å²) in [6.45, 7) is 6.12. The molecule has 5 rings (SSSR count). The van der Waals surface area contributed by atoms with E-state index in [0.29, 0.717) is 27.9 Å². The molecule has 0 bridgehead atoms. The number of hydrogen-bond donors (Lipinski definition) is 1. The molecule has 1 N–H and O–H groups in total. The fourth-order valence-electron chi connectivity index (χ4n) is 5.90. The molecule has 258 valence electrons. The number of halogens is 3. The fourth-order valence-corrected chi connectivity index (χ4v) is 7.76. The SMILES string of the molecule is CC(COC(=O)n1c2c(c3ccccc31)C[C@@H](C)N(CC(C)(C)F)[C@@H]2c1c(F)cc(/C=C/C(=O)O)cc1F)SSc1ccc([N+](=O)[O-])cn1. The highest BCUT2D eigenvalue weighted by atomic mass is 33.1. The summed E-state index contributed by atoms with van der Waals surface area (Å²) in [5.74, 6) is -3.25. The number of nitro groups is 1. The second-order valence-electron chi connectivity index (χ2n) is 12.3. The molecule has 1 unspecified atom stereocenters. The van der Waals surface area contributed by atoms with Crippen LogP contribution in [0.2, 0.25) is 0 Å². The molecular formula is C34H33F3N4O6S2. The lowest BCUT2D eigenvalue weighted by Gasteiger charge is -2.43. The summed E-state index contributed by atoms with van der Waals surface area (Å²) < 4.78 is 54.6. The van der Waals surface area contributed by atoms with Crippen LogP contribution in [0.4, 0.5) is 23.7 Å². The second-order valence-corrected chi connectivity index (χ2v) is 15.0. The minimum absolute atomic E-state index is 0.0177. The summed E-state index contributed by atoms with van der Waals surface area (Å²) in [5.41, 5.74) is -0.943. The maximum absolute atomic E-state index is 16.1. The van der Waals surface area contributed by atoms with Gasteiger partial charge < -0.3 is 9.84 Å². The fraction of sp³-hybridized carbons (Fsp3) is 0.324. The Balaban J connectivity index is 1.53. The number of alkyl halides is 1. The van der Waals surface area contributed by atoms with Crippen LogP contribution in [0.1, 0.15) is 56.1 Å². The molecule has 0 aliphatic carbocycles. The van der Waals surface area contributed by atoms with E-state index >= 15 is 13.2 Å². The molecule has 0 saturated heterocycles. The molecule has 3 atom stereocenters. The van der Waals surface area contributed by atoms with E-state index in [-0.39, 0.29) is 35.3 Å². The van der Waals surface area contributed by atoms with Crippen LogP contribution in [0.25, 0.3) is 17.0 Å². The van der Waals surface area contributed by atoms with Gasteiger partial charge in [0.1, 0.15) is 35.1 Å². The second kappa shape index (κ2) is 14.6. The Morgan fingerprint density at radius 2 is 1.90 bits per heavy atom. The van der Waals surface area contributed by atoms with Crippen molar-refractivity contribution in [2.45, 2.75) is 62.1 Å². The van der Waals surface area contributed by atoms with Crippen LogP contribution >= 0.6 is 21.6 Å². The zero-order valence-corrected chi connectivity index (χ0v) is 28.6. The smallest absolute Gasteiger partial charge is 0.418 e. The van der Waals surface area contributed by atoms with Crippen molar-refractivity contribution in [1.29, 1.82) is 0 Å². The summed E-state index contributed by atoms with van der Waals surface area (Å²) in [7, 11) is 2.60. The number of ether oxygens (including phenoxy) is 1. The number of aromatic nitrogens is 2. The van der Waals surface area contributed by atoms with E-state index in [1.54, 1.807) is 23.1 Å². The van der Waals surface area contributed by atoms with Gasteiger partial charge in [0, 0.05) is 40.9 Å². The van der Waals surface area contributed by atoms with Crippen LogP contribution in [0.15, 0.2) is 65.8 Å².